The number of ether oxygens (including phenoxy) is 2. The summed E-state index contributed by atoms with van der Waals surface area (Å²) in [6, 6.07) is 6.86. The van der Waals surface area contributed by atoms with Gasteiger partial charge in [0.05, 0.1) is 11.1 Å². The van der Waals surface area contributed by atoms with E-state index in [4.69, 9.17) is 9.47 Å². The molecule has 0 heterocycles. The second-order valence-electron chi connectivity index (χ2n) is 7.96. The molecule has 1 aromatic carbocycles. The fourth-order valence-corrected chi connectivity index (χ4v) is 4.16. The Morgan fingerprint density at radius 2 is 1.12 bits per heavy atom. The highest BCUT2D eigenvalue weighted by Gasteiger charge is 2.29. The predicted molar refractivity (Wildman–Crippen MR) is 100 cm³/mol. The number of hydrogen-bond acceptors (Lipinski definition) is 4. The van der Waals surface area contributed by atoms with Crippen LogP contribution in [-0.4, -0.2) is 24.1 Å². The lowest BCUT2D eigenvalue weighted by Crippen LogP contribution is -2.30. The van der Waals surface area contributed by atoms with Crippen LogP contribution >= 0.6 is 0 Å². The number of hydrogen-bond donors (Lipinski definition) is 0. The maximum Gasteiger partial charge on any atom is 0.339 e. The van der Waals surface area contributed by atoms with Gasteiger partial charge in [-0.3, -0.25) is 0 Å². The van der Waals surface area contributed by atoms with Crippen LogP contribution < -0.4 is 0 Å². The van der Waals surface area contributed by atoms with Crippen LogP contribution in [-0.2, 0) is 9.47 Å². The molecule has 2 saturated carbocycles. The summed E-state index contributed by atoms with van der Waals surface area (Å²) < 4.78 is 11.5. The second-order valence-corrected chi connectivity index (χ2v) is 7.96. The zero-order chi connectivity index (χ0) is 18.5. The van der Waals surface area contributed by atoms with Gasteiger partial charge < -0.3 is 9.47 Å². The van der Waals surface area contributed by atoms with E-state index in [1.807, 2.05) is 0 Å². The highest BCUT2D eigenvalue weighted by atomic mass is 16.6. The fraction of sp³-hybridized carbons (Fsp3) is 0.636. The van der Waals surface area contributed by atoms with Crippen molar-refractivity contribution in [2.24, 2.45) is 11.8 Å². The molecule has 0 radical (unpaired) electrons. The van der Waals surface area contributed by atoms with Crippen LogP contribution in [0.5, 0.6) is 0 Å². The van der Waals surface area contributed by atoms with Crippen molar-refractivity contribution in [2.45, 2.75) is 77.4 Å². The van der Waals surface area contributed by atoms with E-state index in [-0.39, 0.29) is 12.2 Å². The number of esters is 2. The molecule has 4 nitrogen and oxygen atoms in total. The fourth-order valence-electron chi connectivity index (χ4n) is 4.16. The van der Waals surface area contributed by atoms with Crippen molar-refractivity contribution < 1.29 is 19.1 Å². The van der Waals surface area contributed by atoms with E-state index in [1.165, 1.54) is 12.8 Å². The Morgan fingerprint density at radius 3 is 1.50 bits per heavy atom. The molecular weight excluding hydrogens is 328 g/mol. The first-order valence-corrected chi connectivity index (χ1v) is 10.1. The molecule has 0 saturated heterocycles. The number of benzene rings is 1. The summed E-state index contributed by atoms with van der Waals surface area (Å²) in [6.45, 7) is 4.25. The predicted octanol–water partition coefficient (Wildman–Crippen LogP) is 5.16. The summed E-state index contributed by atoms with van der Waals surface area (Å²) in [6.07, 6.45) is 8.42. The molecule has 4 unspecified atom stereocenters. The molecular formula is C22H30O4. The topological polar surface area (TPSA) is 52.6 Å². The maximum absolute atomic E-state index is 12.7. The van der Waals surface area contributed by atoms with Gasteiger partial charge in [0.25, 0.3) is 0 Å². The van der Waals surface area contributed by atoms with Crippen molar-refractivity contribution in [3.8, 4) is 0 Å². The van der Waals surface area contributed by atoms with Crippen molar-refractivity contribution in [3.05, 3.63) is 35.4 Å². The average molecular weight is 358 g/mol. The summed E-state index contributed by atoms with van der Waals surface area (Å²) in [5.74, 6) is -0.0780. The minimum atomic E-state index is -0.409. The van der Waals surface area contributed by atoms with Crippen LogP contribution in [0.25, 0.3) is 0 Å². The molecule has 0 spiro atoms. The Morgan fingerprint density at radius 1 is 0.731 bits per heavy atom. The van der Waals surface area contributed by atoms with Gasteiger partial charge in [0.2, 0.25) is 0 Å². The van der Waals surface area contributed by atoms with Gasteiger partial charge >= 0.3 is 11.9 Å². The summed E-state index contributed by atoms with van der Waals surface area (Å²) in [5.41, 5.74) is 0.637. The first-order valence-electron chi connectivity index (χ1n) is 10.1. The van der Waals surface area contributed by atoms with Gasteiger partial charge in [-0.1, -0.05) is 38.8 Å². The number of rotatable bonds is 4. The summed E-state index contributed by atoms with van der Waals surface area (Å²) in [5, 5.41) is 0. The van der Waals surface area contributed by atoms with Crippen LogP contribution in [0.2, 0.25) is 0 Å². The van der Waals surface area contributed by atoms with Crippen LogP contribution in [0, 0.1) is 11.8 Å². The normalized spacial score (nSPS) is 29.0. The van der Waals surface area contributed by atoms with E-state index in [9.17, 15) is 9.59 Å². The van der Waals surface area contributed by atoms with E-state index in [2.05, 4.69) is 13.8 Å². The van der Waals surface area contributed by atoms with Crippen LogP contribution in [0.15, 0.2) is 24.3 Å². The third-order valence-corrected chi connectivity index (χ3v) is 5.95. The first-order chi connectivity index (χ1) is 12.6. The molecule has 0 N–H and O–H groups in total. The van der Waals surface area contributed by atoms with E-state index in [0.717, 1.165) is 38.5 Å². The Bertz CT molecular complexity index is 584. The molecule has 0 amide bonds. The Hall–Kier alpha value is -1.84. The molecule has 2 aliphatic carbocycles. The van der Waals surface area contributed by atoms with Gasteiger partial charge in [0, 0.05) is 0 Å². The molecule has 0 aliphatic heterocycles. The van der Waals surface area contributed by atoms with Crippen molar-refractivity contribution in [1.82, 2.24) is 0 Å². The second kappa shape index (κ2) is 8.70. The third kappa shape index (κ3) is 4.46. The van der Waals surface area contributed by atoms with Gasteiger partial charge in [-0.15, -0.1) is 0 Å². The minimum Gasteiger partial charge on any atom is -0.458 e. The first kappa shape index (κ1) is 18.9. The SMILES string of the molecule is CC1CCCCC1OC(=O)c1ccccc1C(=O)OC1CCCCC1C. The standard InChI is InChI=1S/C22H30O4/c1-15-9-3-7-13-19(15)25-21(23)17-11-5-6-12-18(17)22(24)26-20-14-8-4-10-16(20)2/h5-6,11-12,15-16,19-20H,3-4,7-10,13-14H2,1-2H3. The quantitative estimate of drug-likeness (QED) is 0.698. The lowest BCUT2D eigenvalue weighted by Gasteiger charge is -2.29. The van der Waals surface area contributed by atoms with Crippen molar-refractivity contribution in [3.63, 3.8) is 0 Å². The van der Waals surface area contributed by atoms with Crippen LogP contribution in [0.1, 0.15) is 85.9 Å². The van der Waals surface area contributed by atoms with Crippen LogP contribution in [0.3, 0.4) is 0 Å². The maximum atomic E-state index is 12.7. The van der Waals surface area contributed by atoms with E-state index in [0.29, 0.717) is 23.0 Å². The number of carbonyl (C=O) groups is 2. The molecule has 4 heteroatoms. The molecule has 0 aromatic heterocycles. The molecule has 26 heavy (non-hydrogen) atoms. The molecule has 2 fully saturated rings. The summed E-state index contributed by atoms with van der Waals surface area (Å²) in [4.78, 5) is 25.4. The van der Waals surface area contributed by atoms with Gasteiger partial charge in [0.15, 0.2) is 0 Å². The molecule has 2 aliphatic rings. The van der Waals surface area contributed by atoms with Gasteiger partial charge in [-0.2, -0.15) is 0 Å². The average Bonchev–Trinajstić information content (AvgIpc) is 2.65. The van der Waals surface area contributed by atoms with Gasteiger partial charge in [-0.25, -0.2) is 9.59 Å². The Labute approximate surface area is 156 Å². The van der Waals surface area contributed by atoms with E-state index < -0.39 is 11.9 Å². The molecule has 3 rings (SSSR count). The lowest BCUT2D eigenvalue weighted by molar-refractivity contribution is 0.000550. The lowest BCUT2D eigenvalue weighted by atomic mass is 9.88. The van der Waals surface area contributed by atoms with Crippen LogP contribution in [0.4, 0.5) is 0 Å². The molecule has 142 valence electrons. The molecule has 4 atom stereocenters. The molecule has 0 bridgehead atoms. The highest BCUT2D eigenvalue weighted by molar-refractivity contribution is 6.03. The van der Waals surface area contributed by atoms with Crippen molar-refractivity contribution in [2.75, 3.05) is 0 Å². The van der Waals surface area contributed by atoms with E-state index >= 15 is 0 Å². The number of carbonyl (C=O) groups excluding carboxylic acids is 2. The monoisotopic (exact) mass is 358 g/mol. The summed E-state index contributed by atoms with van der Waals surface area (Å²) in [7, 11) is 0. The zero-order valence-corrected chi connectivity index (χ0v) is 15.9. The summed E-state index contributed by atoms with van der Waals surface area (Å²) >= 11 is 0. The van der Waals surface area contributed by atoms with E-state index in [1.54, 1.807) is 24.3 Å². The molecule has 1 aromatic rings. The van der Waals surface area contributed by atoms with Gasteiger partial charge in [0.1, 0.15) is 12.2 Å². The highest BCUT2D eigenvalue weighted by Crippen LogP contribution is 2.29. The Kier molecular flexibility index (Phi) is 6.33. The Balaban J connectivity index is 1.70. The zero-order valence-electron chi connectivity index (χ0n) is 15.9. The smallest absolute Gasteiger partial charge is 0.339 e. The van der Waals surface area contributed by atoms with Crippen molar-refractivity contribution >= 4 is 11.9 Å². The third-order valence-electron chi connectivity index (χ3n) is 5.95. The minimum absolute atomic E-state index is 0.0568. The van der Waals surface area contributed by atoms with Gasteiger partial charge in [-0.05, 0) is 62.5 Å². The largest absolute Gasteiger partial charge is 0.458 e. The van der Waals surface area contributed by atoms with Crippen molar-refractivity contribution in [1.29, 1.82) is 0 Å².